The molecule has 0 aliphatic carbocycles. The Morgan fingerprint density at radius 3 is 2.29 bits per heavy atom. The molecule has 2 heteroatoms. The summed E-state index contributed by atoms with van der Waals surface area (Å²) in [5.41, 5.74) is 4.32. The van der Waals surface area contributed by atoms with Gasteiger partial charge in [-0.05, 0) is 52.9 Å². The summed E-state index contributed by atoms with van der Waals surface area (Å²) < 4.78 is 1.05. The first-order valence-electron chi connectivity index (χ1n) is 7.00. The lowest BCUT2D eigenvalue weighted by Crippen LogP contribution is -2.01. The van der Waals surface area contributed by atoms with Gasteiger partial charge in [-0.1, -0.05) is 64.5 Å². The van der Waals surface area contributed by atoms with Crippen LogP contribution < -0.4 is 0 Å². The minimum atomic E-state index is -0.609. The average Bonchev–Trinajstić information content (AvgIpc) is 2.50. The minimum Gasteiger partial charge on any atom is -0.384 e. The van der Waals surface area contributed by atoms with Gasteiger partial charge in [0.15, 0.2) is 0 Å². The Morgan fingerprint density at radius 2 is 1.57 bits per heavy atom. The van der Waals surface area contributed by atoms with E-state index in [1.54, 1.807) is 0 Å². The first-order valence-corrected chi connectivity index (χ1v) is 7.79. The standard InChI is InChI=1S/C19H17BrO/c1-12-7-8-14(11-13(12)2)19(21)17-9-10-18(20)16-6-4-3-5-15(16)17/h3-11,19,21H,1-2H3. The summed E-state index contributed by atoms with van der Waals surface area (Å²) in [5, 5.41) is 13.0. The minimum absolute atomic E-state index is 0.609. The maximum Gasteiger partial charge on any atom is 0.105 e. The number of fused-ring (bicyclic) bond motifs is 1. The van der Waals surface area contributed by atoms with E-state index in [2.05, 4.69) is 54.0 Å². The van der Waals surface area contributed by atoms with Gasteiger partial charge in [-0.2, -0.15) is 0 Å². The lowest BCUT2D eigenvalue weighted by molar-refractivity contribution is 0.222. The Bertz CT molecular complexity index is 808. The van der Waals surface area contributed by atoms with E-state index in [4.69, 9.17) is 0 Å². The van der Waals surface area contributed by atoms with Crippen molar-refractivity contribution in [2.75, 3.05) is 0 Å². The largest absolute Gasteiger partial charge is 0.384 e. The van der Waals surface area contributed by atoms with E-state index in [9.17, 15) is 5.11 Å². The monoisotopic (exact) mass is 340 g/mol. The number of aliphatic hydroxyl groups is 1. The highest BCUT2D eigenvalue weighted by Crippen LogP contribution is 2.33. The summed E-state index contributed by atoms with van der Waals surface area (Å²) in [4.78, 5) is 0. The van der Waals surface area contributed by atoms with Crippen LogP contribution in [-0.4, -0.2) is 5.11 Å². The smallest absolute Gasteiger partial charge is 0.105 e. The lowest BCUT2D eigenvalue weighted by atomic mass is 9.94. The molecule has 3 aromatic carbocycles. The van der Waals surface area contributed by atoms with Crippen LogP contribution in [0.3, 0.4) is 0 Å². The predicted molar refractivity (Wildman–Crippen MR) is 91.6 cm³/mol. The molecule has 0 saturated heterocycles. The van der Waals surface area contributed by atoms with Crippen molar-refractivity contribution >= 4 is 26.7 Å². The van der Waals surface area contributed by atoms with Crippen LogP contribution in [0.4, 0.5) is 0 Å². The van der Waals surface area contributed by atoms with Gasteiger partial charge in [-0.25, -0.2) is 0 Å². The van der Waals surface area contributed by atoms with Crippen molar-refractivity contribution in [3.63, 3.8) is 0 Å². The molecule has 0 aromatic heterocycles. The predicted octanol–water partition coefficient (Wildman–Crippen LogP) is 5.30. The third-order valence-electron chi connectivity index (χ3n) is 4.05. The van der Waals surface area contributed by atoms with Gasteiger partial charge in [0.25, 0.3) is 0 Å². The number of hydrogen-bond acceptors (Lipinski definition) is 1. The van der Waals surface area contributed by atoms with Crippen molar-refractivity contribution < 1.29 is 5.11 Å². The van der Waals surface area contributed by atoms with Crippen molar-refractivity contribution in [2.24, 2.45) is 0 Å². The number of hydrogen-bond donors (Lipinski definition) is 1. The Hall–Kier alpha value is -1.64. The fourth-order valence-electron chi connectivity index (χ4n) is 2.64. The van der Waals surface area contributed by atoms with Crippen molar-refractivity contribution in [2.45, 2.75) is 20.0 Å². The number of rotatable bonds is 2. The van der Waals surface area contributed by atoms with Gasteiger partial charge in [0.1, 0.15) is 6.10 Å². The molecule has 0 aliphatic rings. The van der Waals surface area contributed by atoms with Gasteiger partial charge in [0, 0.05) is 4.47 Å². The topological polar surface area (TPSA) is 20.2 Å². The highest BCUT2D eigenvalue weighted by molar-refractivity contribution is 9.10. The molecular weight excluding hydrogens is 324 g/mol. The number of aliphatic hydroxyl groups excluding tert-OH is 1. The van der Waals surface area contributed by atoms with Crippen molar-refractivity contribution in [3.05, 3.63) is 81.3 Å². The third kappa shape index (κ3) is 2.61. The summed E-state index contributed by atoms with van der Waals surface area (Å²) in [6, 6.07) is 18.3. The molecule has 106 valence electrons. The van der Waals surface area contributed by atoms with E-state index in [1.807, 2.05) is 30.3 Å². The molecule has 1 nitrogen and oxygen atoms in total. The van der Waals surface area contributed by atoms with Crippen LogP contribution in [0, 0.1) is 13.8 Å². The summed E-state index contributed by atoms with van der Waals surface area (Å²) in [7, 11) is 0. The number of aryl methyl sites for hydroxylation is 2. The van der Waals surface area contributed by atoms with Gasteiger partial charge in [-0.3, -0.25) is 0 Å². The van der Waals surface area contributed by atoms with E-state index >= 15 is 0 Å². The first kappa shape index (κ1) is 14.3. The van der Waals surface area contributed by atoms with E-state index in [0.29, 0.717) is 0 Å². The second kappa shape index (κ2) is 5.63. The van der Waals surface area contributed by atoms with Crippen LogP contribution >= 0.6 is 15.9 Å². The number of benzene rings is 3. The molecular formula is C19H17BrO. The Balaban J connectivity index is 2.15. The molecule has 3 aromatic rings. The number of halogens is 1. The zero-order valence-electron chi connectivity index (χ0n) is 12.1. The molecule has 0 saturated carbocycles. The second-order valence-corrected chi connectivity index (χ2v) is 6.28. The fourth-order valence-corrected chi connectivity index (χ4v) is 3.12. The molecule has 1 unspecified atom stereocenters. The maximum atomic E-state index is 10.8. The molecule has 0 spiro atoms. The highest BCUT2D eigenvalue weighted by Gasteiger charge is 2.15. The molecule has 1 N–H and O–H groups in total. The normalized spacial score (nSPS) is 12.6. The molecule has 21 heavy (non-hydrogen) atoms. The molecule has 0 fully saturated rings. The van der Waals surface area contributed by atoms with Crippen molar-refractivity contribution in [1.29, 1.82) is 0 Å². The lowest BCUT2D eigenvalue weighted by Gasteiger charge is -2.16. The molecule has 0 aliphatic heterocycles. The fraction of sp³-hybridized carbons (Fsp3) is 0.158. The van der Waals surface area contributed by atoms with E-state index in [0.717, 1.165) is 26.4 Å². The van der Waals surface area contributed by atoms with Crippen LogP contribution in [0.15, 0.2) is 59.1 Å². The highest BCUT2D eigenvalue weighted by atomic mass is 79.9. The molecule has 0 bridgehead atoms. The SMILES string of the molecule is Cc1ccc(C(O)c2ccc(Br)c3ccccc23)cc1C. The summed E-state index contributed by atoms with van der Waals surface area (Å²) in [6.07, 6.45) is -0.609. The zero-order chi connectivity index (χ0) is 15.0. The molecule has 0 radical (unpaired) electrons. The van der Waals surface area contributed by atoms with E-state index < -0.39 is 6.10 Å². The quantitative estimate of drug-likeness (QED) is 0.670. The zero-order valence-corrected chi connectivity index (χ0v) is 13.7. The Kier molecular flexibility index (Phi) is 3.83. The second-order valence-electron chi connectivity index (χ2n) is 5.43. The third-order valence-corrected chi connectivity index (χ3v) is 4.74. The average molecular weight is 341 g/mol. The van der Waals surface area contributed by atoms with Crippen molar-refractivity contribution in [1.82, 2.24) is 0 Å². The van der Waals surface area contributed by atoms with Gasteiger partial charge >= 0.3 is 0 Å². The summed E-state index contributed by atoms with van der Waals surface area (Å²) in [5.74, 6) is 0. The first-order chi connectivity index (χ1) is 10.1. The van der Waals surface area contributed by atoms with Crippen LogP contribution in [0.25, 0.3) is 10.8 Å². The van der Waals surface area contributed by atoms with E-state index in [-0.39, 0.29) is 0 Å². The van der Waals surface area contributed by atoms with Gasteiger partial charge in [0.05, 0.1) is 0 Å². The molecule has 0 amide bonds. The molecule has 3 rings (SSSR count). The maximum absolute atomic E-state index is 10.8. The molecule has 0 heterocycles. The Labute approximate surface area is 133 Å². The summed E-state index contributed by atoms with van der Waals surface area (Å²) >= 11 is 3.58. The Morgan fingerprint density at radius 1 is 0.857 bits per heavy atom. The molecule has 1 atom stereocenters. The van der Waals surface area contributed by atoms with Crippen LogP contribution in [-0.2, 0) is 0 Å². The summed E-state index contributed by atoms with van der Waals surface area (Å²) in [6.45, 7) is 4.16. The van der Waals surface area contributed by atoms with Gasteiger partial charge in [-0.15, -0.1) is 0 Å². The van der Waals surface area contributed by atoms with Gasteiger partial charge in [0.2, 0.25) is 0 Å². The van der Waals surface area contributed by atoms with Crippen molar-refractivity contribution in [3.8, 4) is 0 Å². The van der Waals surface area contributed by atoms with E-state index in [1.165, 1.54) is 11.1 Å². The van der Waals surface area contributed by atoms with Gasteiger partial charge < -0.3 is 5.11 Å². The van der Waals surface area contributed by atoms with Crippen LogP contribution in [0.1, 0.15) is 28.4 Å². The van der Waals surface area contributed by atoms with Crippen LogP contribution in [0.5, 0.6) is 0 Å². The van der Waals surface area contributed by atoms with Crippen LogP contribution in [0.2, 0.25) is 0 Å².